The number of aromatic nitrogens is 2. The molecule has 2 heterocycles. The largest absolute Gasteiger partial charge is 0.378 e. The minimum absolute atomic E-state index is 0.110. The Hall–Kier alpha value is -3.27. The van der Waals surface area contributed by atoms with Crippen molar-refractivity contribution in [2.24, 2.45) is 0 Å². The number of rotatable bonds is 5. The molecule has 0 unspecified atom stereocenters. The number of hydrogen-bond donors (Lipinski definition) is 2. The minimum atomic E-state index is -0.487. The van der Waals surface area contributed by atoms with Crippen LogP contribution in [0, 0.1) is 10.1 Å². The Balaban J connectivity index is 1.87. The van der Waals surface area contributed by atoms with Crippen LogP contribution in [0.3, 0.4) is 0 Å². The molecule has 1 fully saturated rings. The zero-order valence-corrected chi connectivity index (χ0v) is 14.1. The van der Waals surface area contributed by atoms with Gasteiger partial charge in [0.25, 0.3) is 0 Å². The maximum absolute atomic E-state index is 11.6. The first kappa shape index (κ1) is 17.5. The summed E-state index contributed by atoms with van der Waals surface area (Å²) in [6, 6.07) is 6.79. The van der Waals surface area contributed by atoms with Gasteiger partial charge in [-0.1, -0.05) is 0 Å². The fraction of sp³-hybridized carbons (Fsp3) is 0.312. The molecule has 1 aromatic carbocycles. The Morgan fingerprint density at radius 1 is 1.19 bits per heavy atom. The average molecular weight is 358 g/mol. The number of nitro groups is 1. The molecule has 0 radical (unpaired) electrons. The van der Waals surface area contributed by atoms with Crippen molar-refractivity contribution in [3.63, 3.8) is 0 Å². The molecule has 0 saturated carbocycles. The van der Waals surface area contributed by atoms with Gasteiger partial charge in [0.05, 0.1) is 18.1 Å². The smallest absolute Gasteiger partial charge is 0.353 e. The van der Waals surface area contributed by atoms with Crippen molar-refractivity contribution in [2.75, 3.05) is 41.8 Å². The van der Waals surface area contributed by atoms with Crippen LogP contribution in [-0.2, 0) is 9.53 Å². The van der Waals surface area contributed by atoms with Gasteiger partial charge in [-0.2, -0.15) is 0 Å². The number of anilines is 4. The van der Waals surface area contributed by atoms with Gasteiger partial charge in [-0.3, -0.25) is 14.9 Å². The van der Waals surface area contributed by atoms with E-state index in [-0.39, 0.29) is 23.2 Å². The Kier molecular flexibility index (Phi) is 5.23. The highest BCUT2D eigenvalue weighted by Crippen LogP contribution is 2.34. The van der Waals surface area contributed by atoms with E-state index in [2.05, 4.69) is 20.6 Å². The molecule has 1 saturated heterocycles. The van der Waals surface area contributed by atoms with Gasteiger partial charge in [-0.15, -0.1) is 0 Å². The highest BCUT2D eigenvalue weighted by molar-refractivity contribution is 5.89. The van der Waals surface area contributed by atoms with Crippen LogP contribution in [0.4, 0.5) is 28.7 Å². The number of amides is 1. The van der Waals surface area contributed by atoms with Gasteiger partial charge < -0.3 is 20.3 Å². The number of benzene rings is 1. The van der Waals surface area contributed by atoms with Crippen LogP contribution in [0.5, 0.6) is 0 Å². The Morgan fingerprint density at radius 2 is 1.85 bits per heavy atom. The zero-order valence-electron chi connectivity index (χ0n) is 14.1. The maximum atomic E-state index is 11.6. The van der Waals surface area contributed by atoms with Gasteiger partial charge >= 0.3 is 5.69 Å². The molecule has 10 nitrogen and oxygen atoms in total. The fourth-order valence-corrected chi connectivity index (χ4v) is 2.61. The molecule has 1 aliphatic heterocycles. The van der Waals surface area contributed by atoms with Crippen LogP contribution in [-0.4, -0.2) is 47.1 Å². The molecule has 0 atom stereocenters. The second kappa shape index (κ2) is 7.74. The third-order valence-electron chi connectivity index (χ3n) is 3.76. The molecule has 1 aromatic heterocycles. The summed E-state index contributed by atoms with van der Waals surface area (Å²) in [6.07, 6.45) is 1.30. The number of nitrogens with zero attached hydrogens (tertiary/aromatic N) is 4. The first-order valence-electron chi connectivity index (χ1n) is 8.01. The molecule has 0 aliphatic carbocycles. The van der Waals surface area contributed by atoms with Crippen molar-refractivity contribution in [3.05, 3.63) is 40.7 Å². The van der Waals surface area contributed by atoms with E-state index in [0.29, 0.717) is 37.7 Å². The lowest BCUT2D eigenvalue weighted by molar-refractivity contribution is -0.383. The van der Waals surface area contributed by atoms with Gasteiger partial charge in [0.1, 0.15) is 6.33 Å². The van der Waals surface area contributed by atoms with Crippen LogP contribution < -0.4 is 15.5 Å². The van der Waals surface area contributed by atoms with Crippen molar-refractivity contribution in [3.8, 4) is 0 Å². The molecule has 3 rings (SSSR count). The summed E-state index contributed by atoms with van der Waals surface area (Å²) in [5, 5.41) is 17.2. The average Bonchev–Trinajstić information content (AvgIpc) is 2.63. The van der Waals surface area contributed by atoms with E-state index in [9.17, 15) is 14.9 Å². The molecule has 26 heavy (non-hydrogen) atoms. The van der Waals surface area contributed by atoms with Gasteiger partial charge in [0.2, 0.25) is 17.5 Å². The molecular formula is C16H18N6O4. The Bertz CT molecular complexity index is 805. The van der Waals surface area contributed by atoms with E-state index in [0.717, 1.165) is 0 Å². The summed E-state index contributed by atoms with van der Waals surface area (Å²) in [5.74, 6) is 0.205. The molecular weight excluding hydrogens is 340 g/mol. The highest BCUT2D eigenvalue weighted by atomic mass is 16.6. The van der Waals surface area contributed by atoms with Crippen LogP contribution in [0.2, 0.25) is 0 Å². The first-order chi connectivity index (χ1) is 12.5. The highest BCUT2D eigenvalue weighted by Gasteiger charge is 2.28. The molecule has 1 amide bonds. The number of carbonyl (C=O) groups excluding carboxylic acids is 1. The van der Waals surface area contributed by atoms with Gasteiger partial charge in [-0.25, -0.2) is 9.97 Å². The fourth-order valence-electron chi connectivity index (χ4n) is 2.61. The summed E-state index contributed by atoms with van der Waals surface area (Å²) in [4.78, 5) is 32.2. The van der Waals surface area contributed by atoms with Gasteiger partial charge in [0.15, 0.2) is 0 Å². The van der Waals surface area contributed by atoms with Gasteiger partial charge in [0, 0.05) is 31.4 Å². The topological polar surface area (TPSA) is 123 Å². The lowest BCUT2D eigenvalue weighted by Gasteiger charge is -2.27. The zero-order chi connectivity index (χ0) is 18.5. The van der Waals surface area contributed by atoms with Crippen molar-refractivity contribution in [1.82, 2.24) is 9.97 Å². The lowest BCUT2D eigenvalue weighted by Crippen LogP contribution is -2.37. The summed E-state index contributed by atoms with van der Waals surface area (Å²) in [6.45, 7) is 3.47. The number of hydrogen-bond acceptors (Lipinski definition) is 8. The number of ether oxygens (including phenoxy) is 1. The van der Waals surface area contributed by atoms with E-state index in [4.69, 9.17) is 4.74 Å². The molecule has 1 aliphatic rings. The molecule has 0 bridgehead atoms. The normalized spacial score (nSPS) is 14.0. The van der Waals surface area contributed by atoms with Crippen molar-refractivity contribution in [1.29, 1.82) is 0 Å². The van der Waals surface area contributed by atoms with Crippen LogP contribution >= 0.6 is 0 Å². The SMILES string of the molecule is CC(=O)Nc1ccc(Nc2ncnc(N3CCOCC3)c2[N+](=O)[O-])cc1. The summed E-state index contributed by atoms with van der Waals surface area (Å²) in [7, 11) is 0. The Labute approximate surface area is 149 Å². The second-order valence-electron chi connectivity index (χ2n) is 5.63. The molecule has 10 heteroatoms. The minimum Gasteiger partial charge on any atom is -0.378 e. The van der Waals surface area contributed by atoms with Gasteiger partial charge in [-0.05, 0) is 24.3 Å². The Morgan fingerprint density at radius 3 is 2.46 bits per heavy atom. The third-order valence-corrected chi connectivity index (χ3v) is 3.76. The predicted molar refractivity (Wildman–Crippen MR) is 95.7 cm³/mol. The summed E-state index contributed by atoms with van der Waals surface area (Å²) in [5.41, 5.74) is 1.06. The first-order valence-corrected chi connectivity index (χ1v) is 8.01. The number of morpholine rings is 1. The predicted octanol–water partition coefficient (Wildman–Crippen LogP) is 1.92. The standard InChI is InChI=1S/C16H18N6O4/c1-11(23)19-12-2-4-13(5-3-12)20-15-14(22(24)25)16(18-10-17-15)21-6-8-26-9-7-21/h2-5,10H,6-9H2,1H3,(H,19,23)(H,17,18,20). The monoisotopic (exact) mass is 358 g/mol. The summed E-state index contributed by atoms with van der Waals surface area (Å²) >= 11 is 0. The van der Waals surface area contributed by atoms with E-state index in [1.165, 1.54) is 13.3 Å². The maximum Gasteiger partial charge on any atom is 0.353 e. The van der Waals surface area contributed by atoms with Crippen LogP contribution in [0.15, 0.2) is 30.6 Å². The van der Waals surface area contributed by atoms with Crippen molar-refractivity contribution < 1.29 is 14.5 Å². The van der Waals surface area contributed by atoms with Crippen LogP contribution in [0.25, 0.3) is 0 Å². The number of carbonyl (C=O) groups is 1. The lowest BCUT2D eigenvalue weighted by atomic mass is 10.2. The van der Waals surface area contributed by atoms with E-state index < -0.39 is 4.92 Å². The third kappa shape index (κ3) is 4.03. The number of nitrogens with one attached hydrogen (secondary N) is 2. The van der Waals surface area contributed by atoms with E-state index >= 15 is 0 Å². The summed E-state index contributed by atoms with van der Waals surface area (Å²) < 4.78 is 5.29. The molecule has 0 spiro atoms. The molecule has 2 aromatic rings. The molecule has 136 valence electrons. The molecule has 2 N–H and O–H groups in total. The van der Waals surface area contributed by atoms with Crippen LogP contribution in [0.1, 0.15) is 6.92 Å². The van der Waals surface area contributed by atoms with E-state index in [1.807, 2.05) is 4.90 Å². The van der Waals surface area contributed by atoms with E-state index in [1.54, 1.807) is 24.3 Å². The second-order valence-corrected chi connectivity index (χ2v) is 5.63. The quantitative estimate of drug-likeness (QED) is 0.614. The van der Waals surface area contributed by atoms with Crippen molar-refractivity contribution in [2.45, 2.75) is 6.92 Å². The van der Waals surface area contributed by atoms with Crippen molar-refractivity contribution >= 4 is 34.6 Å².